The van der Waals surface area contributed by atoms with Crippen LogP contribution in [0.3, 0.4) is 0 Å². The van der Waals surface area contributed by atoms with Crippen LogP contribution >= 0.6 is 0 Å². The number of aryl methyl sites for hydroxylation is 1. The van der Waals surface area contributed by atoms with Crippen molar-refractivity contribution in [3.8, 4) is 11.3 Å². The predicted molar refractivity (Wildman–Crippen MR) is 64.1 cm³/mol. The molecular weight excluding hydrogens is 200 g/mol. The maximum atomic E-state index is 8.84. The van der Waals surface area contributed by atoms with Crippen molar-refractivity contribution in [1.29, 1.82) is 0 Å². The summed E-state index contributed by atoms with van der Waals surface area (Å²) in [5.41, 5.74) is 3.47. The van der Waals surface area contributed by atoms with E-state index in [9.17, 15) is 0 Å². The molecule has 16 heavy (non-hydrogen) atoms. The van der Waals surface area contributed by atoms with Gasteiger partial charge in [0.2, 0.25) is 0 Å². The molecule has 0 saturated heterocycles. The summed E-state index contributed by atoms with van der Waals surface area (Å²) in [6, 6.07) is 10.3. The lowest BCUT2D eigenvalue weighted by molar-refractivity contribution is 0.299. The lowest BCUT2D eigenvalue weighted by atomic mass is 10.1. The molecule has 0 aliphatic carbocycles. The third-order valence-electron chi connectivity index (χ3n) is 2.67. The maximum Gasteiger partial charge on any atom is 0.0682 e. The summed E-state index contributed by atoms with van der Waals surface area (Å²) in [4.78, 5) is 0. The normalized spacial score (nSPS) is 10.6. The van der Waals surface area contributed by atoms with Crippen molar-refractivity contribution in [3.63, 3.8) is 0 Å². The lowest BCUT2D eigenvalue weighted by Crippen LogP contribution is -1.98. The Labute approximate surface area is 95.3 Å². The minimum atomic E-state index is 0.201. The monoisotopic (exact) mass is 216 g/mol. The van der Waals surface area contributed by atoms with Gasteiger partial charge in [-0.2, -0.15) is 5.10 Å². The van der Waals surface area contributed by atoms with Crippen LogP contribution in [0.4, 0.5) is 0 Å². The molecule has 0 spiro atoms. The minimum Gasteiger partial charge on any atom is -0.396 e. The van der Waals surface area contributed by atoms with E-state index in [0.717, 1.165) is 17.8 Å². The molecular formula is C13H16N2O. The van der Waals surface area contributed by atoms with Gasteiger partial charge in [-0.3, -0.25) is 4.68 Å². The molecule has 0 amide bonds. The number of aliphatic hydroxyl groups is 1. The van der Waals surface area contributed by atoms with Gasteiger partial charge in [0.25, 0.3) is 0 Å². The Morgan fingerprint density at radius 2 is 1.94 bits per heavy atom. The molecule has 2 aromatic rings. The Morgan fingerprint density at radius 3 is 2.56 bits per heavy atom. The molecule has 84 valence electrons. The Morgan fingerprint density at radius 1 is 1.19 bits per heavy atom. The number of hydrogen-bond acceptors (Lipinski definition) is 2. The molecule has 1 N–H and O–H groups in total. The zero-order valence-corrected chi connectivity index (χ0v) is 9.43. The number of benzene rings is 1. The van der Waals surface area contributed by atoms with E-state index in [1.165, 1.54) is 5.56 Å². The first-order valence-corrected chi connectivity index (χ1v) is 5.57. The van der Waals surface area contributed by atoms with E-state index in [1.807, 2.05) is 16.9 Å². The number of aliphatic hydroxyl groups excluding tert-OH is 1. The van der Waals surface area contributed by atoms with Crippen LogP contribution in [-0.2, 0) is 13.0 Å². The van der Waals surface area contributed by atoms with Gasteiger partial charge in [-0.15, -0.1) is 0 Å². The van der Waals surface area contributed by atoms with Crippen LogP contribution in [0.15, 0.2) is 36.5 Å². The van der Waals surface area contributed by atoms with E-state index >= 15 is 0 Å². The molecule has 1 aromatic heterocycles. The summed E-state index contributed by atoms with van der Waals surface area (Å²) in [6.45, 7) is 3.16. The minimum absolute atomic E-state index is 0.201. The largest absolute Gasteiger partial charge is 0.396 e. The molecule has 0 bridgehead atoms. The molecule has 2 rings (SSSR count). The Kier molecular flexibility index (Phi) is 3.37. The SMILES string of the molecule is CCn1nccc1-c1ccc(CCO)cc1. The van der Waals surface area contributed by atoms with E-state index < -0.39 is 0 Å². The average molecular weight is 216 g/mol. The standard InChI is InChI=1S/C13H16N2O/c1-2-15-13(7-9-14-15)12-5-3-11(4-6-12)8-10-16/h3-7,9,16H,2,8,10H2,1H3. The molecule has 3 nitrogen and oxygen atoms in total. The molecule has 0 unspecified atom stereocenters. The highest BCUT2D eigenvalue weighted by atomic mass is 16.2. The van der Waals surface area contributed by atoms with Gasteiger partial charge in [0.05, 0.1) is 5.69 Å². The molecule has 0 aliphatic rings. The fourth-order valence-electron chi connectivity index (χ4n) is 1.80. The Balaban J connectivity index is 2.27. The van der Waals surface area contributed by atoms with E-state index in [2.05, 4.69) is 36.3 Å². The molecule has 1 heterocycles. The summed E-state index contributed by atoms with van der Waals surface area (Å²) in [7, 11) is 0. The van der Waals surface area contributed by atoms with E-state index in [4.69, 9.17) is 5.11 Å². The van der Waals surface area contributed by atoms with Crippen molar-refractivity contribution in [2.24, 2.45) is 0 Å². The second-order valence-electron chi connectivity index (χ2n) is 3.70. The van der Waals surface area contributed by atoms with Crippen molar-refractivity contribution in [3.05, 3.63) is 42.1 Å². The fourth-order valence-corrected chi connectivity index (χ4v) is 1.80. The first-order valence-electron chi connectivity index (χ1n) is 5.57. The molecule has 0 radical (unpaired) electrons. The van der Waals surface area contributed by atoms with Crippen LogP contribution in [0, 0.1) is 0 Å². The number of aromatic nitrogens is 2. The highest BCUT2D eigenvalue weighted by Crippen LogP contribution is 2.19. The van der Waals surface area contributed by atoms with Crippen LogP contribution in [0.5, 0.6) is 0 Å². The average Bonchev–Trinajstić information content (AvgIpc) is 2.78. The quantitative estimate of drug-likeness (QED) is 0.850. The third kappa shape index (κ3) is 2.14. The summed E-state index contributed by atoms with van der Waals surface area (Å²) in [5.74, 6) is 0. The topological polar surface area (TPSA) is 38.0 Å². The predicted octanol–water partition coefficient (Wildman–Crippen LogP) is 2.10. The molecule has 0 atom stereocenters. The van der Waals surface area contributed by atoms with Crippen molar-refractivity contribution < 1.29 is 5.11 Å². The van der Waals surface area contributed by atoms with Gasteiger partial charge < -0.3 is 5.11 Å². The Bertz CT molecular complexity index is 445. The second-order valence-corrected chi connectivity index (χ2v) is 3.70. The van der Waals surface area contributed by atoms with E-state index in [1.54, 1.807) is 0 Å². The van der Waals surface area contributed by atoms with Crippen molar-refractivity contribution in [2.75, 3.05) is 6.61 Å². The summed E-state index contributed by atoms with van der Waals surface area (Å²) < 4.78 is 1.97. The van der Waals surface area contributed by atoms with Crippen molar-refractivity contribution in [1.82, 2.24) is 9.78 Å². The van der Waals surface area contributed by atoms with Crippen molar-refractivity contribution >= 4 is 0 Å². The summed E-state index contributed by atoms with van der Waals surface area (Å²) in [5, 5.41) is 13.1. The maximum absolute atomic E-state index is 8.84. The van der Waals surface area contributed by atoms with Crippen LogP contribution < -0.4 is 0 Å². The Hall–Kier alpha value is -1.61. The number of nitrogens with zero attached hydrogens (tertiary/aromatic N) is 2. The van der Waals surface area contributed by atoms with E-state index in [-0.39, 0.29) is 6.61 Å². The van der Waals surface area contributed by atoms with Crippen LogP contribution in [0.1, 0.15) is 12.5 Å². The first kappa shape index (κ1) is 10.9. The molecule has 0 saturated carbocycles. The zero-order valence-electron chi connectivity index (χ0n) is 9.43. The lowest BCUT2D eigenvalue weighted by Gasteiger charge is -2.05. The zero-order chi connectivity index (χ0) is 11.4. The van der Waals surface area contributed by atoms with Gasteiger partial charge in [-0.25, -0.2) is 0 Å². The van der Waals surface area contributed by atoms with E-state index in [0.29, 0.717) is 6.42 Å². The van der Waals surface area contributed by atoms with Gasteiger partial charge >= 0.3 is 0 Å². The number of hydrogen-bond donors (Lipinski definition) is 1. The first-order chi connectivity index (χ1) is 7.85. The molecule has 1 aromatic carbocycles. The third-order valence-corrected chi connectivity index (χ3v) is 2.67. The van der Waals surface area contributed by atoms with Gasteiger partial charge in [0.15, 0.2) is 0 Å². The van der Waals surface area contributed by atoms with Crippen LogP contribution in [-0.4, -0.2) is 21.5 Å². The van der Waals surface area contributed by atoms with Crippen LogP contribution in [0.2, 0.25) is 0 Å². The van der Waals surface area contributed by atoms with Gasteiger partial charge in [-0.1, -0.05) is 24.3 Å². The van der Waals surface area contributed by atoms with Gasteiger partial charge in [0, 0.05) is 19.3 Å². The fraction of sp³-hybridized carbons (Fsp3) is 0.308. The van der Waals surface area contributed by atoms with Gasteiger partial charge in [-0.05, 0) is 30.5 Å². The highest BCUT2D eigenvalue weighted by molar-refractivity contribution is 5.59. The smallest absolute Gasteiger partial charge is 0.0682 e. The highest BCUT2D eigenvalue weighted by Gasteiger charge is 2.03. The summed E-state index contributed by atoms with van der Waals surface area (Å²) in [6.07, 6.45) is 2.54. The molecule has 0 aliphatic heterocycles. The van der Waals surface area contributed by atoms with Gasteiger partial charge in [0.1, 0.15) is 0 Å². The molecule has 3 heteroatoms. The molecule has 0 fully saturated rings. The van der Waals surface area contributed by atoms with Crippen molar-refractivity contribution in [2.45, 2.75) is 19.9 Å². The second kappa shape index (κ2) is 4.94. The summed E-state index contributed by atoms with van der Waals surface area (Å²) >= 11 is 0. The van der Waals surface area contributed by atoms with Crippen LogP contribution in [0.25, 0.3) is 11.3 Å². The number of rotatable bonds is 4.